The molecular formula is C13H13N3O2S. The Morgan fingerprint density at radius 1 is 1.47 bits per heavy atom. The van der Waals surface area contributed by atoms with Gasteiger partial charge in [-0.05, 0) is 12.1 Å². The van der Waals surface area contributed by atoms with Gasteiger partial charge >= 0.3 is 0 Å². The minimum Gasteiger partial charge on any atom is -0.489 e. The highest BCUT2D eigenvalue weighted by Crippen LogP contribution is 2.16. The van der Waals surface area contributed by atoms with Crippen LogP contribution in [-0.2, 0) is 4.79 Å². The predicted octanol–water partition coefficient (Wildman–Crippen LogP) is 1.80. The van der Waals surface area contributed by atoms with Crippen LogP contribution in [0.5, 0.6) is 5.75 Å². The summed E-state index contributed by atoms with van der Waals surface area (Å²) >= 11 is 1.33. The summed E-state index contributed by atoms with van der Waals surface area (Å²) in [5.74, 6) is 1.07. The Balaban J connectivity index is 2.05. The van der Waals surface area contributed by atoms with Crippen LogP contribution >= 0.6 is 11.8 Å². The first-order chi connectivity index (χ1) is 9.29. The number of amides is 1. The highest BCUT2D eigenvalue weighted by atomic mass is 32.2. The fourth-order valence-corrected chi connectivity index (χ4v) is 2.02. The summed E-state index contributed by atoms with van der Waals surface area (Å²) in [6.07, 6.45) is 3.27. The Bertz CT molecular complexity index is 540. The number of benzene rings is 1. The number of ether oxygens (including phenoxy) is 1. The van der Waals surface area contributed by atoms with Gasteiger partial charge in [0.25, 0.3) is 0 Å². The summed E-state index contributed by atoms with van der Waals surface area (Å²) < 4.78 is 5.49. The maximum Gasteiger partial charge on any atom is 0.236 e. The second-order valence-corrected chi connectivity index (χ2v) is 4.59. The van der Waals surface area contributed by atoms with Gasteiger partial charge in [0, 0.05) is 5.56 Å². The zero-order chi connectivity index (χ0) is 13.5. The minimum absolute atomic E-state index is 0.0475. The third-order valence-corrected chi connectivity index (χ3v) is 3.07. The van der Waals surface area contributed by atoms with Crippen molar-refractivity contribution in [3.05, 3.63) is 42.5 Å². The first kappa shape index (κ1) is 13.4. The molecule has 1 aliphatic heterocycles. The van der Waals surface area contributed by atoms with Gasteiger partial charge in [-0.1, -0.05) is 36.5 Å². The third kappa shape index (κ3) is 3.96. The van der Waals surface area contributed by atoms with E-state index in [0.29, 0.717) is 17.5 Å². The lowest BCUT2D eigenvalue weighted by Crippen LogP contribution is -2.19. The van der Waals surface area contributed by atoms with E-state index < -0.39 is 0 Å². The molecule has 1 amide bonds. The Hall–Kier alpha value is -2.08. The van der Waals surface area contributed by atoms with E-state index in [0.717, 1.165) is 11.3 Å². The molecule has 1 saturated heterocycles. The van der Waals surface area contributed by atoms with Gasteiger partial charge in [-0.15, -0.1) is 5.10 Å². The molecule has 6 heteroatoms. The smallest absolute Gasteiger partial charge is 0.236 e. The summed E-state index contributed by atoms with van der Waals surface area (Å²) in [6.45, 7) is 4.04. The van der Waals surface area contributed by atoms with Gasteiger partial charge in [0.05, 0.1) is 12.0 Å². The van der Waals surface area contributed by atoms with Crippen molar-refractivity contribution < 1.29 is 9.53 Å². The number of carbonyl (C=O) groups excluding carboxylic acids is 1. The molecule has 0 aliphatic carbocycles. The molecule has 19 heavy (non-hydrogen) atoms. The molecule has 5 nitrogen and oxygen atoms in total. The van der Waals surface area contributed by atoms with E-state index in [1.807, 2.05) is 24.3 Å². The number of para-hydroxylation sites is 1. The first-order valence-electron chi connectivity index (χ1n) is 5.66. The average molecular weight is 275 g/mol. The van der Waals surface area contributed by atoms with E-state index in [1.165, 1.54) is 11.8 Å². The molecule has 2 rings (SSSR count). The van der Waals surface area contributed by atoms with Crippen LogP contribution in [-0.4, -0.2) is 29.6 Å². The molecule has 1 aromatic rings. The van der Waals surface area contributed by atoms with E-state index in [1.54, 1.807) is 12.3 Å². The van der Waals surface area contributed by atoms with Gasteiger partial charge in [0.2, 0.25) is 5.91 Å². The van der Waals surface area contributed by atoms with Crippen molar-refractivity contribution in [2.24, 2.45) is 10.2 Å². The number of rotatable bonds is 5. The van der Waals surface area contributed by atoms with Crippen molar-refractivity contribution in [2.45, 2.75) is 0 Å². The van der Waals surface area contributed by atoms with Gasteiger partial charge < -0.3 is 10.1 Å². The van der Waals surface area contributed by atoms with E-state index in [9.17, 15) is 4.79 Å². The van der Waals surface area contributed by atoms with Crippen molar-refractivity contribution in [3.63, 3.8) is 0 Å². The Kier molecular flexibility index (Phi) is 4.74. The maximum absolute atomic E-state index is 11.0. The molecule has 0 spiro atoms. The van der Waals surface area contributed by atoms with Gasteiger partial charge in [0.1, 0.15) is 12.4 Å². The van der Waals surface area contributed by atoms with Crippen molar-refractivity contribution in [3.8, 4) is 5.75 Å². The third-order valence-electron chi connectivity index (χ3n) is 2.21. The first-order valence-corrected chi connectivity index (χ1v) is 6.64. The van der Waals surface area contributed by atoms with Crippen LogP contribution in [0.3, 0.4) is 0 Å². The summed E-state index contributed by atoms with van der Waals surface area (Å²) in [5, 5.41) is 11.0. The summed E-state index contributed by atoms with van der Waals surface area (Å²) in [7, 11) is 0. The van der Waals surface area contributed by atoms with Crippen LogP contribution in [0.1, 0.15) is 5.56 Å². The monoisotopic (exact) mass is 275 g/mol. The Labute approximate surface area is 115 Å². The number of nitrogens with zero attached hydrogens (tertiary/aromatic N) is 2. The fraction of sp³-hybridized carbons (Fsp3) is 0.154. The second-order valence-electron chi connectivity index (χ2n) is 3.62. The van der Waals surface area contributed by atoms with Crippen LogP contribution in [0.4, 0.5) is 0 Å². The molecule has 0 unspecified atom stereocenters. The fourth-order valence-electron chi connectivity index (χ4n) is 1.39. The van der Waals surface area contributed by atoms with Crippen LogP contribution in [0.25, 0.3) is 0 Å². The van der Waals surface area contributed by atoms with E-state index in [-0.39, 0.29) is 5.91 Å². The summed E-state index contributed by atoms with van der Waals surface area (Å²) in [5.41, 5.74) is 0.822. The summed E-state index contributed by atoms with van der Waals surface area (Å²) in [4.78, 5) is 11.0. The highest BCUT2D eigenvalue weighted by molar-refractivity contribution is 8.15. The lowest BCUT2D eigenvalue weighted by atomic mass is 10.2. The quantitative estimate of drug-likeness (QED) is 0.506. The molecule has 0 aromatic heterocycles. The van der Waals surface area contributed by atoms with Crippen LogP contribution in [0, 0.1) is 0 Å². The molecule has 98 valence electrons. The van der Waals surface area contributed by atoms with Crippen LogP contribution in [0.15, 0.2) is 47.1 Å². The second kappa shape index (κ2) is 6.75. The standard InChI is InChI=1S/C13H13N3O2S/c1-2-7-18-11-6-4-3-5-10(11)8-14-16-13-15-12(17)9-19-13/h2-6,8H,1,7,9H2,(H,15,16,17)/b14-8-. The molecule has 1 aromatic carbocycles. The topological polar surface area (TPSA) is 63.1 Å². The number of amidine groups is 1. The largest absolute Gasteiger partial charge is 0.489 e. The molecule has 1 fully saturated rings. The zero-order valence-electron chi connectivity index (χ0n) is 10.2. The normalized spacial score (nSPS) is 16.8. The number of hydrogen-bond acceptors (Lipinski definition) is 5. The maximum atomic E-state index is 11.0. The lowest BCUT2D eigenvalue weighted by Gasteiger charge is -2.05. The van der Waals surface area contributed by atoms with Crippen molar-refractivity contribution in [1.82, 2.24) is 5.32 Å². The van der Waals surface area contributed by atoms with Crippen molar-refractivity contribution in [1.29, 1.82) is 0 Å². The van der Waals surface area contributed by atoms with E-state index >= 15 is 0 Å². The Morgan fingerprint density at radius 3 is 3.05 bits per heavy atom. The van der Waals surface area contributed by atoms with Crippen LogP contribution < -0.4 is 10.1 Å². The molecule has 0 radical (unpaired) electrons. The highest BCUT2D eigenvalue weighted by Gasteiger charge is 2.15. The SMILES string of the molecule is C=CCOc1ccccc1/C=N\N=C1NC(=O)CS1. The van der Waals surface area contributed by atoms with E-state index in [2.05, 4.69) is 22.1 Å². The average Bonchev–Trinajstić information content (AvgIpc) is 2.83. The van der Waals surface area contributed by atoms with Crippen molar-refractivity contribution in [2.75, 3.05) is 12.4 Å². The molecule has 1 heterocycles. The molecule has 0 bridgehead atoms. The zero-order valence-corrected chi connectivity index (χ0v) is 11.0. The molecule has 0 saturated carbocycles. The van der Waals surface area contributed by atoms with Gasteiger partial charge in [-0.3, -0.25) is 4.79 Å². The Morgan fingerprint density at radius 2 is 2.32 bits per heavy atom. The van der Waals surface area contributed by atoms with Gasteiger partial charge in [-0.2, -0.15) is 5.10 Å². The minimum atomic E-state index is -0.0475. The van der Waals surface area contributed by atoms with Gasteiger partial charge in [0.15, 0.2) is 5.17 Å². The van der Waals surface area contributed by atoms with Crippen LogP contribution in [0.2, 0.25) is 0 Å². The van der Waals surface area contributed by atoms with Gasteiger partial charge in [-0.25, -0.2) is 0 Å². The molecule has 1 N–H and O–H groups in total. The summed E-state index contributed by atoms with van der Waals surface area (Å²) in [6, 6.07) is 7.50. The number of nitrogens with one attached hydrogen (secondary N) is 1. The number of thioether (sulfide) groups is 1. The predicted molar refractivity (Wildman–Crippen MR) is 77.8 cm³/mol. The van der Waals surface area contributed by atoms with E-state index in [4.69, 9.17) is 4.74 Å². The number of hydrogen-bond donors (Lipinski definition) is 1. The van der Waals surface area contributed by atoms with Crippen molar-refractivity contribution >= 4 is 29.1 Å². The molecule has 1 aliphatic rings. The number of carbonyl (C=O) groups is 1. The lowest BCUT2D eigenvalue weighted by molar-refractivity contribution is -0.116. The molecular weight excluding hydrogens is 262 g/mol. The molecule has 0 atom stereocenters.